The molecule has 0 saturated heterocycles. The lowest BCUT2D eigenvalue weighted by Crippen LogP contribution is -2.60. The highest BCUT2D eigenvalue weighted by Crippen LogP contribution is 2.08. The molecule has 0 aliphatic carbocycles. The van der Waals surface area contributed by atoms with E-state index in [9.17, 15) is 34.2 Å². The summed E-state index contributed by atoms with van der Waals surface area (Å²) in [5.41, 5.74) is 6.51. The third-order valence-corrected chi connectivity index (χ3v) is 5.30. The molecule has 1 rings (SSSR count). The van der Waals surface area contributed by atoms with Crippen LogP contribution in [0.15, 0.2) is 30.3 Å². The van der Waals surface area contributed by atoms with Crippen LogP contribution in [0.2, 0.25) is 0 Å². The van der Waals surface area contributed by atoms with Crippen molar-refractivity contribution >= 4 is 29.7 Å². The van der Waals surface area contributed by atoms with Crippen molar-refractivity contribution in [1.82, 2.24) is 16.0 Å². The van der Waals surface area contributed by atoms with Crippen LogP contribution in [0.25, 0.3) is 0 Å². The number of amides is 3. The Morgan fingerprint density at radius 2 is 1.44 bits per heavy atom. The maximum atomic E-state index is 13.0. The van der Waals surface area contributed by atoms with Gasteiger partial charge in [0.2, 0.25) is 17.7 Å². The minimum atomic E-state index is -1.50. The molecule has 0 aromatic heterocycles. The van der Waals surface area contributed by atoms with Gasteiger partial charge in [-0.15, -0.1) is 0 Å². The van der Waals surface area contributed by atoms with Gasteiger partial charge >= 0.3 is 11.9 Å². The molecule has 0 aliphatic rings. The van der Waals surface area contributed by atoms with Crippen molar-refractivity contribution < 1.29 is 39.3 Å². The maximum Gasteiger partial charge on any atom is 0.326 e. The third-order valence-electron chi connectivity index (χ3n) is 5.30. The minimum absolute atomic E-state index is 0.0307. The Kier molecular flexibility index (Phi) is 12.5. The maximum absolute atomic E-state index is 13.0. The van der Waals surface area contributed by atoms with Crippen LogP contribution >= 0.6 is 0 Å². The van der Waals surface area contributed by atoms with E-state index in [2.05, 4.69) is 16.0 Å². The molecule has 0 spiro atoms. The molecule has 8 N–H and O–H groups in total. The summed E-state index contributed by atoms with van der Waals surface area (Å²) in [5.74, 6) is -4.92. The zero-order valence-corrected chi connectivity index (χ0v) is 20.6. The summed E-state index contributed by atoms with van der Waals surface area (Å²) >= 11 is 0. The Balaban J connectivity index is 3.08. The Morgan fingerprint density at radius 3 is 1.94 bits per heavy atom. The smallest absolute Gasteiger partial charge is 0.326 e. The number of carboxylic acids is 2. The number of carbonyl (C=O) groups is 5. The summed E-state index contributed by atoms with van der Waals surface area (Å²) < 4.78 is 0. The summed E-state index contributed by atoms with van der Waals surface area (Å²) in [7, 11) is 0. The second kappa shape index (κ2) is 14.8. The molecule has 1 aromatic rings. The molecule has 0 radical (unpaired) electrons. The van der Waals surface area contributed by atoms with Crippen molar-refractivity contribution in [2.75, 3.05) is 0 Å². The lowest BCUT2D eigenvalue weighted by atomic mass is 10.0. The van der Waals surface area contributed by atoms with Gasteiger partial charge < -0.3 is 37.0 Å². The molecule has 5 unspecified atom stereocenters. The fraction of sp³-hybridized carbons (Fsp3) is 0.542. The minimum Gasteiger partial charge on any atom is -0.481 e. The second-order valence-corrected chi connectivity index (χ2v) is 9.05. The Labute approximate surface area is 209 Å². The van der Waals surface area contributed by atoms with Gasteiger partial charge in [0.25, 0.3) is 0 Å². The van der Waals surface area contributed by atoms with Gasteiger partial charge in [0.05, 0.1) is 12.1 Å². The predicted molar refractivity (Wildman–Crippen MR) is 130 cm³/mol. The van der Waals surface area contributed by atoms with E-state index >= 15 is 0 Å². The van der Waals surface area contributed by atoms with E-state index in [1.54, 1.807) is 30.3 Å². The van der Waals surface area contributed by atoms with Crippen LogP contribution in [0.4, 0.5) is 0 Å². The van der Waals surface area contributed by atoms with E-state index in [0.29, 0.717) is 12.0 Å². The molecule has 5 atom stereocenters. The zero-order chi connectivity index (χ0) is 27.4. The first-order chi connectivity index (χ1) is 16.8. The molecule has 36 heavy (non-hydrogen) atoms. The standard InChI is InChI=1S/C24H36N4O8/c1-13(2)11-16(25)21(32)28-20(14(3)29)23(34)27-18(12-15-7-5-4-6-8-15)22(33)26-17(24(35)36)9-10-19(30)31/h4-8,13-14,16-18,20,29H,9-12,25H2,1-3H3,(H,26,33)(H,27,34)(H,28,32)(H,30,31)(H,35,36). The molecule has 12 nitrogen and oxygen atoms in total. The summed E-state index contributed by atoms with van der Waals surface area (Å²) in [6.07, 6.45) is -1.85. The number of hydrogen-bond acceptors (Lipinski definition) is 7. The van der Waals surface area contributed by atoms with Gasteiger partial charge in [0, 0.05) is 12.8 Å². The highest BCUT2D eigenvalue weighted by Gasteiger charge is 2.32. The number of rotatable bonds is 15. The molecule has 0 heterocycles. The van der Waals surface area contributed by atoms with Crippen molar-refractivity contribution in [1.29, 1.82) is 0 Å². The van der Waals surface area contributed by atoms with Crippen LogP contribution in [-0.2, 0) is 30.4 Å². The Morgan fingerprint density at radius 1 is 0.861 bits per heavy atom. The fourth-order valence-electron chi connectivity index (χ4n) is 3.40. The summed E-state index contributed by atoms with van der Waals surface area (Å²) in [4.78, 5) is 60.8. The van der Waals surface area contributed by atoms with E-state index in [4.69, 9.17) is 10.8 Å². The van der Waals surface area contributed by atoms with Gasteiger partial charge in [-0.25, -0.2) is 4.79 Å². The first-order valence-electron chi connectivity index (χ1n) is 11.6. The van der Waals surface area contributed by atoms with Gasteiger partial charge in [-0.05, 0) is 31.2 Å². The first kappa shape index (κ1) is 30.5. The fourth-order valence-corrected chi connectivity index (χ4v) is 3.40. The third kappa shape index (κ3) is 10.8. The highest BCUT2D eigenvalue weighted by molar-refractivity contribution is 5.94. The number of nitrogens with two attached hydrogens (primary N) is 1. The van der Waals surface area contributed by atoms with Crippen LogP contribution in [0.3, 0.4) is 0 Å². The first-order valence-corrected chi connectivity index (χ1v) is 11.6. The van der Waals surface area contributed by atoms with E-state index in [1.807, 2.05) is 13.8 Å². The molecule has 0 fully saturated rings. The van der Waals surface area contributed by atoms with Gasteiger partial charge in [-0.2, -0.15) is 0 Å². The van der Waals surface area contributed by atoms with Crippen LogP contribution in [0.1, 0.15) is 45.6 Å². The normalized spacial score (nSPS) is 15.2. The van der Waals surface area contributed by atoms with E-state index in [0.717, 1.165) is 0 Å². The molecular formula is C24H36N4O8. The SMILES string of the molecule is CC(C)CC(N)C(=O)NC(C(=O)NC(Cc1ccccc1)C(=O)NC(CCC(=O)O)C(=O)O)C(C)O. The second-order valence-electron chi connectivity index (χ2n) is 9.05. The van der Waals surface area contributed by atoms with Crippen LogP contribution in [-0.4, -0.2) is 75.3 Å². The quantitative estimate of drug-likeness (QED) is 0.161. The summed E-state index contributed by atoms with van der Waals surface area (Å²) in [6.45, 7) is 5.04. The van der Waals surface area contributed by atoms with Crippen LogP contribution in [0.5, 0.6) is 0 Å². The highest BCUT2D eigenvalue weighted by atomic mass is 16.4. The zero-order valence-electron chi connectivity index (χ0n) is 20.6. The summed E-state index contributed by atoms with van der Waals surface area (Å²) in [5, 5.41) is 35.5. The molecular weight excluding hydrogens is 472 g/mol. The average Bonchev–Trinajstić information content (AvgIpc) is 2.78. The number of aliphatic hydroxyl groups is 1. The van der Waals surface area contributed by atoms with E-state index in [1.165, 1.54) is 6.92 Å². The topological polar surface area (TPSA) is 208 Å². The molecule has 1 aromatic carbocycles. The number of carbonyl (C=O) groups excluding carboxylic acids is 3. The van der Waals surface area contributed by atoms with Crippen molar-refractivity contribution in [3.63, 3.8) is 0 Å². The van der Waals surface area contributed by atoms with Crippen molar-refractivity contribution in [3.8, 4) is 0 Å². The number of aliphatic carboxylic acids is 2. The van der Waals surface area contributed by atoms with Crippen molar-refractivity contribution in [2.45, 2.75) is 76.7 Å². The van der Waals surface area contributed by atoms with E-state index in [-0.39, 0.29) is 18.8 Å². The van der Waals surface area contributed by atoms with Gasteiger partial charge in [-0.1, -0.05) is 44.2 Å². The molecule has 200 valence electrons. The van der Waals surface area contributed by atoms with E-state index < -0.39 is 66.4 Å². The number of aliphatic hydroxyl groups excluding tert-OH is 1. The largest absolute Gasteiger partial charge is 0.481 e. The average molecular weight is 509 g/mol. The van der Waals surface area contributed by atoms with Gasteiger partial charge in [0.15, 0.2) is 0 Å². The number of carboxylic acid groups (broad SMARTS) is 2. The molecule has 12 heteroatoms. The predicted octanol–water partition coefficient (Wildman–Crippen LogP) is -0.613. The van der Waals surface area contributed by atoms with Crippen LogP contribution < -0.4 is 21.7 Å². The number of benzene rings is 1. The molecule has 0 bridgehead atoms. The molecule has 0 saturated carbocycles. The molecule has 3 amide bonds. The van der Waals surface area contributed by atoms with Gasteiger partial charge in [-0.3, -0.25) is 19.2 Å². The monoisotopic (exact) mass is 508 g/mol. The number of nitrogens with one attached hydrogen (secondary N) is 3. The Bertz CT molecular complexity index is 907. The van der Waals surface area contributed by atoms with Crippen molar-refractivity contribution in [3.05, 3.63) is 35.9 Å². The summed E-state index contributed by atoms with van der Waals surface area (Å²) in [6, 6.07) is 3.47. The Hall–Kier alpha value is -3.51. The lowest BCUT2D eigenvalue weighted by molar-refractivity contribution is -0.143. The van der Waals surface area contributed by atoms with Crippen molar-refractivity contribution in [2.24, 2.45) is 11.7 Å². The van der Waals surface area contributed by atoms with Crippen LogP contribution in [0, 0.1) is 5.92 Å². The van der Waals surface area contributed by atoms with Gasteiger partial charge in [0.1, 0.15) is 18.1 Å². The lowest BCUT2D eigenvalue weighted by Gasteiger charge is -2.26. The molecule has 0 aliphatic heterocycles. The number of hydrogen-bond donors (Lipinski definition) is 7.